The van der Waals surface area contributed by atoms with Crippen molar-refractivity contribution < 1.29 is 21.4 Å². The zero-order valence-electron chi connectivity index (χ0n) is 3.93. The highest BCUT2D eigenvalue weighted by atomic mass is 32.5. The topological polar surface area (TPSA) is 17.1 Å². The molecule has 0 rings (SSSR count). The maximum Gasteiger partial charge on any atom is 0.412 e. The van der Waals surface area contributed by atoms with Crippen LogP contribution in [0.1, 0.15) is 0 Å². The third-order valence-corrected chi connectivity index (χ3v) is 4.00. The largest absolute Gasteiger partial charge is 0.412 e. The molecule has 0 aliphatic heterocycles. The molecule has 0 radical (unpaired) electrons. The number of hydrogen-bond donors (Lipinski definition) is 0. The summed E-state index contributed by atoms with van der Waals surface area (Å²) in [6.45, 7) is -4.97. The smallest absolute Gasteiger partial charge is 0.249 e. The monoisotopic (exact) mass is 200 g/mol. The Morgan fingerprint density at radius 3 is 1.56 bits per heavy atom. The summed E-state index contributed by atoms with van der Waals surface area (Å²) in [7, 11) is -5.59. The van der Waals surface area contributed by atoms with E-state index in [0.29, 0.717) is 0 Å². The van der Waals surface area contributed by atoms with Crippen LogP contribution in [0.15, 0.2) is 0 Å². The summed E-state index contributed by atoms with van der Waals surface area (Å²) >= 11 is 3.36. The Morgan fingerprint density at radius 2 is 1.56 bits per heavy atom. The first-order valence-corrected chi connectivity index (χ1v) is 6.12. The molecule has 0 N–H and O–H groups in total. The molecular weight excluding hydrogens is 198 g/mol. The van der Waals surface area contributed by atoms with Crippen LogP contribution in [-0.2, 0) is 16.4 Å². The van der Waals surface area contributed by atoms with Crippen LogP contribution >= 0.6 is 14.4 Å². The predicted octanol–water partition coefficient (Wildman–Crippen LogP) is 3.32. The van der Waals surface area contributed by atoms with Crippen LogP contribution in [-0.4, -0.2) is 5.90 Å². The van der Waals surface area contributed by atoms with E-state index < -0.39 is 20.3 Å². The van der Waals surface area contributed by atoms with Gasteiger partial charge in [0, 0.05) is 0 Å². The summed E-state index contributed by atoms with van der Waals surface area (Å²) in [4.78, 5) is 0. The van der Waals surface area contributed by atoms with Crippen molar-refractivity contribution in [2.24, 2.45) is 0 Å². The van der Waals surface area contributed by atoms with E-state index in [1.54, 1.807) is 0 Å². The minimum atomic E-state index is -5.59. The van der Waals surface area contributed by atoms with Gasteiger partial charge in [-0.3, -0.25) is 0 Å². The van der Waals surface area contributed by atoms with Crippen LogP contribution in [0, 0.1) is 0 Å². The molecule has 0 bridgehead atoms. The zero-order chi connectivity index (χ0) is 7.71. The van der Waals surface area contributed by atoms with Crippen LogP contribution in [0.4, 0.5) is 16.8 Å². The van der Waals surface area contributed by atoms with E-state index in [9.17, 15) is 21.4 Å². The molecule has 0 aromatic rings. The maximum atomic E-state index is 11.5. The van der Waals surface area contributed by atoms with Gasteiger partial charge in [0.1, 0.15) is 5.90 Å². The van der Waals surface area contributed by atoms with Crippen LogP contribution < -0.4 is 0 Å². The van der Waals surface area contributed by atoms with E-state index in [4.69, 9.17) is 0 Å². The molecule has 0 aliphatic rings. The number of rotatable bonds is 2. The quantitative estimate of drug-likeness (QED) is 0.502. The second kappa shape index (κ2) is 2.69. The molecule has 0 heterocycles. The summed E-state index contributed by atoms with van der Waals surface area (Å²) in [5.74, 6) is -1.89. The lowest BCUT2D eigenvalue weighted by molar-refractivity contribution is 0.499. The summed E-state index contributed by atoms with van der Waals surface area (Å²) in [5, 5.41) is 0. The second-order valence-electron chi connectivity index (χ2n) is 1.28. The van der Waals surface area contributed by atoms with Crippen molar-refractivity contribution >= 4 is 26.2 Å². The molecule has 8 heteroatoms. The predicted molar refractivity (Wildman–Crippen MR) is 31.2 cm³/mol. The fourth-order valence-electron chi connectivity index (χ4n) is 0.192. The maximum absolute atomic E-state index is 11.5. The molecule has 0 aliphatic carbocycles. The van der Waals surface area contributed by atoms with Crippen molar-refractivity contribution in [3.63, 3.8) is 0 Å². The Hall–Kier alpha value is 0.600. The van der Waals surface area contributed by atoms with Crippen molar-refractivity contribution in [1.82, 2.24) is 0 Å². The lowest BCUT2D eigenvalue weighted by Gasteiger charge is -1.97. The third-order valence-electron chi connectivity index (χ3n) is 0.329. The van der Waals surface area contributed by atoms with Crippen LogP contribution in [0.5, 0.6) is 0 Å². The van der Waals surface area contributed by atoms with Gasteiger partial charge in [-0.25, -0.2) is 4.57 Å². The average Bonchev–Trinajstić information content (AvgIpc) is 1.14. The van der Waals surface area contributed by atoms with Crippen LogP contribution in [0.25, 0.3) is 0 Å². The lowest BCUT2D eigenvalue weighted by Crippen LogP contribution is -1.71. The van der Waals surface area contributed by atoms with E-state index in [2.05, 4.69) is 11.8 Å². The fourth-order valence-corrected chi connectivity index (χ4v) is 2.93. The highest BCUT2D eigenvalue weighted by molar-refractivity contribution is 8.11. The van der Waals surface area contributed by atoms with Crippen molar-refractivity contribution in [3.05, 3.63) is 0 Å². The van der Waals surface area contributed by atoms with E-state index in [0.717, 1.165) is 0 Å². The SMILES string of the molecule is O=P(F)(F)CP(F)(F)=S. The molecule has 0 atom stereocenters. The molecule has 9 heavy (non-hydrogen) atoms. The average molecular weight is 200 g/mol. The molecule has 0 unspecified atom stereocenters. The van der Waals surface area contributed by atoms with Gasteiger partial charge in [-0.2, -0.15) is 16.8 Å². The molecular formula is CH2F4OP2S. The molecule has 0 aromatic carbocycles. The minimum Gasteiger partial charge on any atom is -0.249 e. The Morgan fingerprint density at radius 1 is 1.22 bits per heavy atom. The van der Waals surface area contributed by atoms with Gasteiger partial charge in [0.15, 0.2) is 0 Å². The van der Waals surface area contributed by atoms with Crippen LogP contribution in [0.2, 0.25) is 0 Å². The molecule has 0 saturated heterocycles. The van der Waals surface area contributed by atoms with Crippen molar-refractivity contribution in [3.8, 4) is 0 Å². The first kappa shape index (κ1) is 9.60. The second-order valence-corrected chi connectivity index (χ2v) is 6.30. The van der Waals surface area contributed by atoms with E-state index in [1.807, 2.05) is 0 Å². The van der Waals surface area contributed by atoms with Gasteiger partial charge in [-0.1, -0.05) is 0 Å². The van der Waals surface area contributed by atoms with E-state index >= 15 is 0 Å². The standard InChI is InChI=1S/CH2F4OP2S/c2-7(3,6)1-8(4,5)9/h1H2. The Bertz CT molecular complexity index is 159. The first-order chi connectivity index (χ1) is 3.71. The minimum absolute atomic E-state index is 1.89. The van der Waals surface area contributed by atoms with E-state index in [-0.39, 0.29) is 0 Å². The molecule has 0 fully saturated rings. The van der Waals surface area contributed by atoms with Gasteiger partial charge in [0.05, 0.1) is 0 Å². The van der Waals surface area contributed by atoms with E-state index in [1.165, 1.54) is 0 Å². The Labute approximate surface area is 54.3 Å². The summed E-state index contributed by atoms with van der Waals surface area (Å²) < 4.78 is 54.9. The Balaban J connectivity index is 4.07. The summed E-state index contributed by atoms with van der Waals surface area (Å²) in [6, 6.07) is 0. The number of hydrogen-bond acceptors (Lipinski definition) is 2. The van der Waals surface area contributed by atoms with Gasteiger partial charge >= 0.3 is 7.76 Å². The van der Waals surface area contributed by atoms with Crippen LogP contribution in [0.3, 0.4) is 0 Å². The van der Waals surface area contributed by atoms with Gasteiger partial charge in [-0.15, -0.1) is 0 Å². The molecule has 1 nitrogen and oxygen atoms in total. The van der Waals surface area contributed by atoms with Gasteiger partial charge < -0.3 is 0 Å². The molecule has 0 spiro atoms. The van der Waals surface area contributed by atoms with Gasteiger partial charge in [0.2, 0.25) is 0 Å². The fraction of sp³-hybridized carbons (Fsp3) is 1.00. The molecule has 0 amide bonds. The zero-order valence-corrected chi connectivity index (χ0v) is 6.54. The lowest BCUT2D eigenvalue weighted by atomic mass is 11.9. The highest BCUT2D eigenvalue weighted by Gasteiger charge is 2.30. The van der Waals surface area contributed by atoms with Crippen molar-refractivity contribution in [1.29, 1.82) is 0 Å². The summed E-state index contributed by atoms with van der Waals surface area (Å²) in [6.07, 6.45) is 0. The highest BCUT2D eigenvalue weighted by Crippen LogP contribution is 2.65. The molecule has 56 valence electrons. The van der Waals surface area contributed by atoms with Crippen molar-refractivity contribution in [2.75, 3.05) is 5.90 Å². The van der Waals surface area contributed by atoms with Gasteiger partial charge in [-0.05, 0) is 11.8 Å². The third kappa shape index (κ3) is 8.60. The Kier molecular flexibility index (Phi) is 2.86. The number of halogens is 4. The first-order valence-electron chi connectivity index (χ1n) is 1.67. The summed E-state index contributed by atoms with van der Waals surface area (Å²) in [5.41, 5.74) is 0. The molecule has 0 aromatic heterocycles. The van der Waals surface area contributed by atoms with Crippen molar-refractivity contribution in [2.45, 2.75) is 0 Å². The van der Waals surface area contributed by atoms with Gasteiger partial charge in [0.25, 0.3) is 6.66 Å². The molecule has 0 saturated carbocycles. The normalized spacial score (nSPS) is 13.8.